The topological polar surface area (TPSA) is 56.3 Å². The number of nitrogens with zero attached hydrogens (tertiary/aromatic N) is 7. The van der Waals surface area contributed by atoms with Crippen LogP contribution in [0.5, 0.6) is 11.5 Å². The molecule has 0 aliphatic carbocycles. The summed E-state index contributed by atoms with van der Waals surface area (Å²) in [5.41, 5.74) is 15.8. The number of rotatable bonds is 8. The molecule has 1 aliphatic rings. The molecule has 0 spiro atoms. The van der Waals surface area contributed by atoms with Gasteiger partial charge in [-0.25, -0.2) is 4.98 Å². The monoisotopic (exact) mass is 1140 g/mol. The van der Waals surface area contributed by atoms with Crippen molar-refractivity contribution in [2.45, 2.75) is 6.92 Å². The van der Waals surface area contributed by atoms with Crippen molar-refractivity contribution in [3.05, 3.63) is 255 Å². The third-order valence-corrected chi connectivity index (χ3v) is 14.6. The normalized spacial score (nSPS) is 12.4. The van der Waals surface area contributed by atoms with Gasteiger partial charge in [0.2, 0.25) is 0 Å². The molecule has 0 fully saturated rings. The Morgan fingerprint density at radius 3 is 1.49 bits per heavy atom. The van der Waals surface area contributed by atoms with E-state index in [9.17, 15) is 0 Å². The van der Waals surface area contributed by atoms with Crippen LogP contribution in [-0.4, -0.2) is 23.7 Å². The van der Waals surface area contributed by atoms with Gasteiger partial charge in [0.05, 0.1) is 33.4 Å². The SMILES string of the molecule is Cc1cc(-n2c3[c-]c(Oc4[c-]c(N5[CH-]N(c6ccncc6)c6ccccc65)ccc4)ccc3c3ccccc32)ncc1-c1c(-n2c3ccccc3c3ccccc32)cccc1-n1c2ccccc2c2ccccc21.[Pt]. The van der Waals surface area contributed by atoms with Gasteiger partial charge >= 0.3 is 0 Å². The average Bonchev–Trinajstić information content (AvgIpc) is 4.21. The molecular formula is C66H42N7OPt-3. The Balaban J connectivity index is 0.00000516. The van der Waals surface area contributed by atoms with Crippen molar-refractivity contribution >= 4 is 88.2 Å². The number of benzene rings is 9. The van der Waals surface area contributed by atoms with Gasteiger partial charge < -0.3 is 28.2 Å². The smallest absolute Gasteiger partial charge is 0.135 e. The minimum absolute atomic E-state index is 0. The van der Waals surface area contributed by atoms with E-state index in [2.05, 4.69) is 236 Å². The first-order valence-corrected chi connectivity index (χ1v) is 24.8. The van der Waals surface area contributed by atoms with Gasteiger partial charge in [0.25, 0.3) is 0 Å². The minimum Gasteiger partial charge on any atom is -0.509 e. The van der Waals surface area contributed by atoms with Gasteiger partial charge in [-0.15, -0.1) is 48.1 Å². The number of hydrogen-bond acceptors (Lipinski definition) is 5. The molecule has 0 bridgehead atoms. The molecule has 9 aromatic carbocycles. The molecule has 1 aliphatic heterocycles. The molecular weight excluding hydrogens is 1100 g/mol. The van der Waals surface area contributed by atoms with Crippen molar-refractivity contribution in [1.29, 1.82) is 0 Å². The Hall–Kier alpha value is -9.23. The first kappa shape index (κ1) is 44.5. The van der Waals surface area contributed by atoms with Crippen LogP contribution in [0.15, 0.2) is 231 Å². The van der Waals surface area contributed by atoms with Crippen LogP contribution in [-0.2, 0) is 21.1 Å². The Bertz CT molecular complexity index is 4320. The zero-order valence-corrected chi connectivity index (χ0v) is 42.6. The summed E-state index contributed by atoms with van der Waals surface area (Å²) in [5, 5.41) is 7.00. The molecule has 0 unspecified atom stereocenters. The summed E-state index contributed by atoms with van der Waals surface area (Å²) >= 11 is 0. The second-order valence-electron chi connectivity index (χ2n) is 18.8. The fourth-order valence-corrected chi connectivity index (χ4v) is 11.4. The zero-order valence-electron chi connectivity index (χ0n) is 40.4. The van der Waals surface area contributed by atoms with Gasteiger partial charge in [0.1, 0.15) is 5.82 Å². The first-order valence-electron chi connectivity index (χ1n) is 24.8. The second-order valence-corrected chi connectivity index (χ2v) is 18.8. The molecule has 9 heteroatoms. The molecule has 0 saturated heterocycles. The van der Waals surface area contributed by atoms with E-state index in [1.807, 2.05) is 48.8 Å². The van der Waals surface area contributed by atoms with E-state index in [4.69, 9.17) is 9.72 Å². The van der Waals surface area contributed by atoms with Crippen LogP contribution in [0, 0.1) is 25.7 Å². The number of aryl methyl sites for hydroxylation is 1. The van der Waals surface area contributed by atoms with Crippen molar-refractivity contribution in [1.82, 2.24) is 23.7 Å². The largest absolute Gasteiger partial charge is 0.509 e. The molecule has 0 amide bonds. The number of hydrogen-bond donors (Lipinski definition) is 0. The van der Waals surface area contributed by atoms with Crippen molar-refractivity contribution in [3.63, 3.8) is 0 Å². The molecule has 8 nitrogen and oxygen atoms in total. The van der Waals surface area contributed by atoms with Gasteiger partial charge in [-0.2, -0.15) is 12.1 Å². The predicted molar refractivity (Wildman–Crippen MR) is 301 cm³/mol. The van der Waals surface area contributed by atoms with E-state index >= 15 is 0 Å². The van der Waals surface area contributed by atoms with Crippen molar-refractivity contribution < 1.29 is 25.8 Å². The average molecular weight is 1140 g/mol. The number of pyridine rings is 2. The van der Waals surface area contributed by atoms with E-state index in [0.29, 0.717) is 11.5 Å². The number of aromatic nitrogens is 5. The quantitative estimate of drug-likeness (QED) is 0.142. The Labute approximate surface area is 446 Å². The van der Waals surface area contributed by atoms with Crippen molar-refractivity contribution in [2.75, 3.05) is 9.80 Å². The summed E-state index contributed by atoms with van der Waals surface area (Å²) in [6, 6.07) is 82.0. The molecule has 0 atom stereocenters. The second kappa shape index (κ2) is 17.8. The van der Waals surface area contributed by atoms with Gasteiger partial charge in [0.15, 0.2) is 0 Å². The Kier molecular flexibility index (Phi) is 10.5. The molecule has 5 aromatic heterocycles. The van der Waals surface area contributed by atoms with Gasteiger partial charge in [-0.1, -0.05) is 115 Å². The number of fused-ring (bicyclic) bond motifs is 10. The number of para-hydroxylation sites is 7. The fourth-order valence-electron chi connectivity index (χ4n) is 11.4. The molecule has 14 aromatic rings. The van der Waals surface area contributed by atoms with E-state index in [1.54, 1.807) is 0 Å². The third-order valence-electron chi connectivity index (χ3n) is 14.6. The van der Waals surface area contributed by atoms with Crippen LogP contribution >= 0.6 is 0 Å². The molecule has 75 heavy (non-hydrogen) atoms. The summed E-state index contributed by atoms with van der Waals surface area (Å²) in [5.74, 6) is 1.94. The summed E-state index contributed by atoms with van der Waals surface area (Å²) in [7, 11) is 0. The van der Waals surface area contributed by atoms with Gasteiger partial charge in [0, 0.05) is 106 Å². The van der Waals surface area contributed by atoms with E-state index in [0.717, 1.165) is 101 Å². The predicted octanol–water partition coefficient (Wildman–Crippen LogP) is 16.5. The Morgan fingerprint density at radius 1 is 0.440 bits per heavy atom. The van der Waals surface area contributed by atoms with Crippen LogP contribution < -0.4 is 14.5 Å². The Morgan fingerprint density at radius 2 is 0.920 bits per heavy atom. The van der Waals surface area contributed by atoms with Crippen LogP contribution in [0.4, 0.5) is 22.7 Å². The van der Waals surface area contributed by atoms with Crippen LogP contribution in [0.2, 0.25) is 0 Å². The minimum atomic E-state index is 0. The molecule has 360 valence electrons. The van der Waals surface area contributed by atoms with Crippen molar-refractivity contribution in [3.8, 4) is 39.8 Å². The zero-order chi connectivity index (χ0) is 48.9. The molecule has 0 N–H and O–H groups in total. The summed E-state index contributed by atoms with van der Waals surface area (Å²) in [6.45, 7) is 4.29. The molecule has 0 saturated carbocycles. The third kappa shape index (κ3) is 7.01. The maximum Gasteiger partial charge on any atom is 0.135 e. The van der Waals surface area contributed by atoms with E-state index < -0.39 is 0 Å². The van der Waals surface area contributed by atoms with E-state index in [1.165, 1.54) is 21.5 Å². The summed E-state index contributed by atoms with van der Waals surface area (Å²) in [4.78, 5) is 14.0. The fraction of sp³-hybridized carbons (Fsp3) is 0.0152. The van der Waals surface area contributed by atoms with Crippen LogP contribution in [0.25, 0.3) is 93.7 Å². The van der Waals surface area contributed by atoms with Crippen molar-refractivity contribution in [2.24, 2.45) is 0 Å². The van der Waals surface area contributed by atoms with E-state index in [-0.39, 0.29) is 21.1 Å². The first-order chi connectivity index (χ1) is 36.6. The summed E-state index contributed by atoms with van der Waals surface area (Å²) in [6.07, 6.45) is 5.69. The standard InChI is InChI=1S/C66H42N7O.Pt/c1-43-38-65(73-59-27-11-6-22-52(59)53-33-32-47(40-64(53)73)74-46-17-14-16-45(39-46)70-42-69(44-34-36-67-37-35-44)60-28-12-13-29-61(60)70)68-41-54(43)66-62(71-55-23-7-2-18-48(55)49-19-3-8-24-56(49)71)30-15-31-63(66)72-57-25-9-4-20-50(57)51-21-5-10-26-58(51)72;/h2-38,41-42H,1H3;/q-3;. The summed E-state index contributed by atoms with van der Waals surface area (Å²) < 4.78 is 13.8. The van der Waals surface area contributed by atoms with Crippen LogP contribution in [0.3, 0.4) is 0 Å². The van der Waals surface area contributed by atoms with Crippen LogP contribution in [0.1, 0.15) is 5.56 Å². The maximum atomic E-state index is 6.68. The molecule has 15 rings (SSSR count). The van der Waals surface area contributed by atoms with Gasteiger partial charge in [-0.05, 0) is 90.7 Å². The maximum absolute atomic E-state index is 6.68. The molecule has 6 heterocycles. The van der Waals surface area contributed by atoms with Gasteiger partial charge in [-0.3, -0.25) is 4.98 Å². The molecule has 0 radical (unpaired) electrons. The number of anilines is 4. The number of ether oxygens (including phenoxy) is 1.